The molecule has 0 bridgehead atoms. The Labute approximate surface area is 198 Å². The molecule has 0 unspecified atom stereocenters. The van der Waals surface area contributed by atoms with E-state index in [0.717, 1.165) is 23.1 Å². The number of nitrogens with zero attached hydrogens (tertiary/aromatic N) is 1. The molecule has 0 radical (unpaired) electrons. The van der Waals surface area contributed by atoms with Crippen molar-refractivity contribution in [2.75, 3.05) is 14.2 Å². The molecule has 2 heterocycles. The Balaban J connectivity index is 1.81. The number of esters is 1. The van der Waals surface area contributed by atoms with Crippen LogP contribution in [-0.4, -0.2) is 42.3 Å². The molecule has 170 valence electrons. The third-order valence-corrected chi connectivity index (χ3v) is 6.18. The zero-order valence-electron chi connectivity index (χ0n) is 18.0. The number of amides is 2. The molecule has 3 rings (SSSR count). The number of carbonyl (C=O) groups is 3. The van der Waals surface area contributed by atoms with Gasteiger partial charge in [-0.2, -0.15) is 0 Å². The van der Waals surface area contributed by atoms with Crippen molar-refractivity contribution in [3.05, 3.63) is 50.7 Å². The first-order valence-electron chi connectivity index (χ1n) is 9.73. The number of hydrogen-bond donors (Lipinski definition) is 0. The summed E-state index contributed by atoms with van der Waals surface area (Å²) in [6.45, 7) is 3.89. The summed E-state index contributed by atoms with van der Waals surface area (Å²) in [5.41, 5.74) is 0.668. The second-order valence-electron chi connectivity index (χ2n) is 6.90. The minimum absolute atomic E-state index is 0.00154. The first-order valence-corrected chi connectivity index (χ1v) is 11.3. The van der Waals surface area contributed by atoms with Crippen LogP contribution in [0.1, 0.15) is 42.1 Å². The van der Waals surface area contributed by atoms with Crippen LogP contribution in [0.3, 0.4) is 0 Å². The van der Waals surface area contributed by atoms with E-state index in [9.17, 15) is 14.4 Å². The lowest BCUT2D eigenvalue weighted by molar-refractivity contribution is -0.123. The monoisotopic (exact) mass is 523 g/mol. The van der Waals surface area contributed by atoms with Crippen molar-refractivity contribution in [1.82, 2.24) is 4.90 Å². The van der Waals surface area contributed by atoms with Crippen LogP contribution >= 0.6 is 27.7 Å². The number of rotatable bonds is 8. The number of furan rings is 1. The molecular formula is C22H22BrNO7S. The Morgan fingerprint density at radius 1 is 1.28 bits per heavy atom. The van der Waals surface area contributed by atoms with Gasteiger partial charge in [0.15, 0.2) is 11.5 Å². The summed E-state index contributed by atoms with van der Waals surface area (Å²) in [5, 5.41) is -0.431. The van der Waals surface area contributed by atoms with E-state index in [4.69, 9.17) is 13.9 Å². The standard InChI is InChI=1S/C22H22BrNO7S/c1-5-12(2)30-19-15(23)8-13(9-17(19)28-3)10-18-20(25)24(22(27)32-18)11-14-6-7-16(31-14)21(26)29-4/h6-10,12H,5,11H2,1-4H3/b18-10+/t12-/m0/s1. The van der Waals surface area contributed by atoms with E-state index >= 15 is 0 Å². The maximum Gasteiger partial charge on any atom is 0.373 e. The molecule has 0 saturated carbocycles. The topological polar surface area (TPSA) is 95.3 Å². The highest BCUT2D eigenvalue weighted by Gasteiger charge is 2.36. The van der Waals surface area contributed by atoms with Crippen molar-refractivity contribution in [3.8, 4) is 11.5 Å². The highest BCUT2D eigenvalue weighted by molar-refractivity contribution is 9.10. The van der Waals surface area contributed by atoms with Crippen molar-refractivity contribution in [3.63, 3.8) is 0 Å². The molecule has 1 aliphatic heterocycles. The Morgan fingerprint density at radius 2 is 2.03 bits per heavy atom. The second-order valence-corrected chi connectivity index (χ2v) is 8.74. The molecule has 1 atom stereocenters. The molecule has 32 heavy (non-hydrogen) atoms. The van der Waals surface area contributed by atoms with Gasteiger partial charge in [0.25, 0.3) is 11.1 Å². The Bertz CT molecular complexity index is 1080. The number of carbonyl (C=O) groups excluding carboxylic acids is 3. The molecule has 1 fully saturated rings. The fourth-order valence-electron chi connectivity index (χ4n) is 2.84. The second kappa shape index (κ2) is 10.3. The smallest absolute Gasteiger partial charge is 0.373 e. The summed E-state index contributed by atoms with van der Waals surface area (Å²) >= 11 is 4.32. The molecule has 1 saturated heterocycles. The molecular weight excluding hydrogens is 502 g/mol. The lowest BCUT2D eigenvalue weighted by Crippen LogP contribution is -2.27. The van der Waals surface area contributed by atoms with Crippen molar-refractivity contribution < 1.29 is 33.0 Å². The van der Waals surface area contributed by atoms with E-state index in [-0.39, 0.29) is 23.3 Å². The number of halogens is 1. The van der Waals surface area contributed by atoms with Gasteiger partial charge in [0, 0.05) is 0 Å². The van der Waals surface area contributed by atoms with E-state index in [1.54, 1.807) is 18.2 Å². The van der Waals surface area contributed by atoms with Gasteiger partial charge in [0.1, 0.15) is 5.76 Å². The van der Waals surface area contributed by atoms with Gasteiger partial charge >= 0.3 is 5.97 Å². The van der Waals surface area contributed by atoms with Crippen molar-refractivity contribution >= 4 is 50.9 Å². The Kier molecular flexibility index (Phi) is 7.68. The van der Waals surface area contributed by atoms with E-state index < -0.39 is 17.1 Å². The first kappa shape index (κ1) is 23.9. The SMILES string of the molecule is CC[C@H](C)Oc1c(Br)cc(/C=C2/SC(=O)N(Cc3ccc(C(=O)OC)o3)C2=O)cc1OC. The van der Waals surface area contributed by atoms with E-state index in [1.807, 2.05) is 13.8 Å². The molecule has 0 aliphatic carbocycles. The molecule has 8 nitrogen and oxygen atoms in total. The van der Waals surface area contributed by atoms with E-state index in [1.165, 1.54) is 26.4 Å². The first-order chi connectivity index (χ1) is 15.3. The van der Waals surface area contributed by atoms with Crippen molar-refractivity contribution in [2.45, 2.75) is 32.9 Å². The molecule has 0 spiro atoms. The van der Waals surface area contributed by atoms with Gasteiger partial charge in [-0.25, -0.2) is 4.79 Å². The molecule has 0 N–H and O–H groups in total. The maximum atomic E-state index is 12.8. The van der Waals surface area contributed by atoms with Crippen LogP contribution < -0.4 is 9.47 Å². The average molecular weight is 524 g/mol. The van der Waals surface area contributed by atoms with Crippen LogP contribution in [0, 0.1) is 0 Å². The van der Waals surface area contributed by atoms with Crippen LogP contribution in [-0.2, 0) is 16.1 Å². The molecule has 1 aliphatic rings. The Hall–Kier alpha value is -2.72. The zero-order valence-corrected chi connectivity index (χ0v) is 20.4. The van der Waals surface area contributed by atoms with E-state index in [0.29, 0.717) is 27.3 Å². The van der Waals surface area contributed by atoms with Crippen molar-refractivity contribution in [2.24, 2.45) is 0 Å². The van der Waals surface area contributed by atoms with Gasteiger partial charge in [-0.05, 0) is 76.9 Å². The predicted molar refractivity (Wildman–Crippen MR) is 123 cm³/mol. The Morgan fingerprint density at radius 3 is 2.69 bits per heavy atom. The van der Waals surface area contributed by atoms with Crippen LogP contribution in [0.2, 0.25) is 0 Å². The van der Waals surface area contributed by atoms with Crippen LogP contribution in [0.15, 0.2) is 38.1 Å². The van der Waals surface area contributed by atoms with Gasteiger partial charge in [-0.3, -0.25) is 14.5 Å². The fourth-order valence-corrected chi connectivity index (χ4v) is 4.23. The minimum Gasteiger partial charge on any atom is -0.493 e. The fraction of sp³-hybridized carbons (Fsp3) is 0.318. The highest BCUT2D eigenvalue weighted by atomic mass is 79.9. The van der Waals surface area contributed by atoms with Gasteiger partial charge in [0.2, 0.25) is 5.76 Å². The van der Waals surface area contributed by atoms with E-state index in [2.05, 4.69) is 20.7 Å². The summed E-state index contributed by atoms with van der Waals surface area (Å²) < 4.78 is 22.0. The quantitative estimate of drug-likeness (QED) is 0.341. The lowest BCUT2D eigenvalue weighted by atomic mass is 10.1. The van der Waals surface area contributed by atoms with Crippen LogP contribution in [0.5, 0.6) is 11.5 Å². The lowest BCUT2D eigenvalue weighted by Gasteiger charge is -2.17. The van der Waals surface area contributed by atoms with Gasteiger partial charge in [-0.1, -0.05) is 6.92 Å². The molecule has 1 aromatic heterocycles. The normalized spacial score (nSPS) is 15.9. The van der Waals surface area contributed by atoms with Gasteiger partial charge in [0.05, 0.1) is 36.2 Å². The summed E-state index contributed by atoms with van der Waals surface area (Å²) in [7, 11) is 2.77. The van der Waals surface area contributed by atoms with Gasteiger partial charge < -0.3 is 18.6 Å². The molecule has 2 aromatic rings. The predicted octanol–water partition coefficient (Wildman–Crippen LogP) is 5.25. The molecule has 10 heteroatoms. The number of thioether (sulfide) groups is 1. The number of methoxy groups -OCH3 is 2. The van der Waals surface area contributed by atoms with Gasteiger partial charge in [-0.15, -0.1) is 0 Å². The summed E-state index contributed by atoms with van der Waals surface area (Å²) in [6, 6.07) is 6.50. The highest BCUT2D eigenvalue weighted by Crippen LogP contribution is 2.40. The van der Waals surface area contributed by atoms with Crippen LogP contribution in [0.25, 0.3) is 6.08 Å². The number of benzene rings is 1. The van der Waals surface area contributed by atoms with Crippen molar-refractivity contribution in [1.29, 1.82) is 0 Å². The zero-order chi connectivity index (χ0) is 23.4. The minimum atomic E-state index is -0.634. The van der Waals surface area contributed by atoms with Crippen LogP contribution in [0.4, 0.5) is 4.79 Å². The third-order valence-electron chi connectivity index (χ3n) is 4.68. The number of ether oxygens (including phenoxy) is 3. The molecule has 2 amide bonds. The number of imide groups is 1. The summed E-state index contributed by atoms with van der Waals surface area (Å²) in [5.74, 6) is 0.297. The largest absolute Gasteiger partial charge is 0.493 e. The average Bonchev–Trinajstić information content (AvgIpc) is 3.35. The molecule has 1 aromatic carbocycles. The maximum absolute atomic E-state index is 12.8. The summed E-state index contributed by atoms with van der Waals surface area (Å²) in [4.78, 5) is 38.1. The third kappa shape index (κ3) is 5.18. The number of hydrogen-bond acceptors (Lipinski definition) is 8. The summed E-state index contributed by atoms with van der Waals surface area (Å²) in [6.07, 6.45) is 2.46.